The smallest absolute Gasteiger partial charge is 0.209 e. The molecule has 0 spiro atoms. The highest BCUT2D eigenvalue weighted by molar-refractivity contribution is 7.19. The highest BCUT2D eigenvalue weighted by atomic mass is 32.1. The Morgan fingerprint density at radius 2 is 1.92 bits per heavy atom. The predicted molar refractivity (Wildman–Crippen MR) is 159 cm³/mol. The quantitative estimate of drug-likeness (QED) is 0.231. The van der Waals surface area contributed by atoms with Crippen molar-refractivity contribution in [3.8, 4) is 0 Å². The van der Waals surface area contributed by atoms with Gasteiger partial charge < -0.3 is 31.2 Å². The summed E-state index contributed by atoms with van der Waals surface area (Å²) >= 11 is 1.81. The SMILES string of the molecule is CCN(C)C=O.CN(C)C1CCN(c2cc(N)c(C=N)cc2Nc2ncnc3sc4c(c23)CCCC4)CC1. The first-order valence-electron chi connectivity index (χ1n) is 13.4. The summed E-state index contributed by atoms with van der Waals surface area (Å²) in [6.45, 7) is 4.68. The molecule has 0 saturated carbocycles. The Labute approximate surface area is 229 Å². The molecule has 1 aliphatic heterocycles. The number of anilines is 4. The van der Waals surface area contributed by atoms with E-state index in [1.165, 1.54) is 29.5 Å². The molecule has 1 fully saturated rings. The van der Waals surface area contributed by atoms with Gasteiger partial charge in [0, 0.05) is 55.1 Å². The first-order chi connectivity index (χ1) is 18.4. The maximum Gasteiger partial charge on any atom is 0.209 e. The number of nitrogens with two attached hydrogens (primary N) is 1. The molecule has 9 nitrogen and oxygen atoms in total. The van der Waals surface area contributed by atoms with E-state index in [0.29, 0.717) is 11.7 Å². The van der Waals surface area contributed by atoms with Crippen LogP contribution in [0.25, 0.3) is 10.2 Å². The molecular weight excluding hydrogens is 496 g/mol. The van der Waals surface area contributed by atoms with E-state index in [9.17, 15) is 4.79 Å². The van der Waals surface area contributed by atoms with Crippen molar-refractivity contribution in [3.63, 3.8) is 0 Å². The van der Waals surface area contributed by atoms with Gasteiger partial charge in [0.1, 0.15) is 17.0 Å². The van der Waals surface area contributed by atoms with Gasteiger partial charge >= 0.3 is 0 Å². The minimum Gasteiger partial charge on any atom is -0.398 e. The summed E-state index contributed by atoms with van der Waals surface area (Å²) in [5.74, 6) is 0.861. The van der Waals surface area contributed by atoms with Gasteiger partial charge in [-0.15, -0.1) is 11.3 Å². The van der Waals surface area contributed by atoms with Gasteiger partial charge in [-0.2, -0.15) is 0 Å². The fourth-order valence-electron chi connectivity index (χ4n) is 5.12. The van der Waals surface area contributed by atoms with Crippen molar-refractivity contribution in [2.45, 2.75) is 51.5 Å². The van der Waals surface area contributed by atoms with Crippen molar-refractivity contribution in [2.75, 3.05) is 56.7 Å². The number of fused-ring (bicyclic) bond motifs is 3. The van der Waals surface area contributed by atoms with Crippen molar-refractivity contribution in [1.29, 1.82) is 5.41 Å². The van der Waals surface area contributed by atoms with Gasteiger partial charge in [0.25, 0.3) is 0 Å². The fourth-order valence-corrected chi connectivity index (χ4v) is 6.35. The molecule has 1 aliphatic carbocycles. The molecule has 1 saturated heterocycles. The Balaban J connectivity index is 0.000000505. The first kappa shape index (κ1) is 27.8. The van der Waals surface area contributed by atoms with Crippen LogP contribution in [0.2, 0.25) is 0 Å². The number of nitrogens with one attached hydrogen (secondary N) is 2. The molecule has 2 aromatic heterocycles. The van der Waals surface area contributed by atoms with E-state index in [4.69, 9.17) is 11.1 Å². The maximum absolute atomic E-state index is 9.66. The summed E-state index contributed by atoms with van der Waals surface area (Å²) < 4.78 is 0. The van der Waals surface area contributed by atoms with Crippen LogP contribution in [0.3, 0.4) is 0 Å². The molecule has 0 unspecified atom stereocenters. The van der Waals surface area contributed by atoms with Crippen LogP contribution in [-0.4, -0.2) is 79.2 Å². The second-order valence-electron chi connectivity index (χ2n) is 10.2. The van der Waals surface area contributed by atoms with E-state index in [0.717, 1.165) is 84.7 Å². The number of carbonyl (C=O) groups excluding carboxylic acids is 1. The van der Waals surface area contributed by atoms with Gasteiger partial charge in [-0.05, 0) is 77.2 Å². The molecule has 0 radical (unpaired) electrons. The van der Waals surface area contributed by atoms with Crippen molar-refractivity contribution in [3.05, 3.63) is 34.5 Å². The molecule has 0 bridgehead atoms. The third kappa shape index (κ3) is 6.07. The van der Waals surface area contributed by atoms with Gasteiger partial charge in [-0.3, -0.25) is 4.79 Å². The van der Waals surface area contributed by atoms with E-state index in [2.05, 4.69) is 39.2 Å². The Bertz CT molecular complexity index is 1270. The van der Waals surface area contributed by atoms with E-state index in [1.807, 2.05) is 30.4 Å². The molecule has 4 N–H and O–H groups in total. The highest BCUT2D eigenvalue weighted by Crippen LogP contribution is 2.41. The molecule has 3 aromatic rings. The van der Waals surface area contributed by atoms with Crippen LogP contribution in [0.15, 0.2) is 18.5 Å². The number of nitrogens with zero attached hydrogens (tertiary/aromatic N) is 5. The maximum atomic E-state index is 9.66. The summed E-state index contributed by atoms with van der Waals surface area (Å²) in [7, 11) is 6.06. The van der Waals surface area contributed by atoms with Crippen LogP contribution in [0.1, 0.15) is 48.6 Å². The third-order valence-electron chi connectivity index (χ3n) is 7.58. The van der Waals surface area contributed by atoms with Crippen molar-refractivity contribution >= 4 is 57.1 Å². The van der Waals surface area contributed by atoms with Crippen LogP contribution < -0.4 is 16.0 Å². The predicted octanol–water partition coefficient (Wildman–Crippen LogP) is 4.52. The van der Waals surface area contributed by atoms with Crippen LogP contribution in [-0.2, 0) is 17.6 Å². The van der Waals surface area contributed by atoms with E-state index < -0.39 is 0 Å². The van der Waals surface area contributed by atoms with Gasteiger partial charge in [0.2, 0.25) is 6.41 Å². The molecule has 204 valence electrons. The normalized spacial score (nSPS) is 15.6. The molecule has 1 amide bonds. The number of amides is 1. The lowest BCUT2D eigenvalue weighted by Gasteiger charge is -2.37. The molecule has 1 aromatic carbocycles. The molecule has 5 rings (SSSR count). The van der Waals surface area contributed by atoms with Crippen LogP contribution in [0, 0.1) is 5.41 Å². The molecule has 38 heavy (non-hydrogen) atoms. The summed E-state index contributed by atoms with van der Waals surface area (Å²) in [5, 5.41) is 12.6. The summed E-state index contributed by atoms with van der Waals surface area (Å²) in [4.78, 5) is 27.7. The molecule has 3 heterocycles. The molecular formula is C28H40N8OS. The lowest BCUT2D eigenvalue weighted by Crippen LogP contribution is -2.42. The molecule has 10 heteroatoms. The highest BCUT2D eigenvalue weighted by Gasteiger charge is 2.25. The number of aryl methyl sites for hydroxylation is 2. The minimum atomic E-state index is 0.611. The number of piperidine rings is 1. The number of rotatable bonds is 7. The topological polar surface area (TPSA) is 114 Å². The Hall–Kier alpha value is -3.24. The Kier molecular flexibility index (Phi) is 9.17. The number of hydrogen-bond acceptors (Lipinski definition) is 9. The number of aromatic nitrogens is 2. The molecule has 0 atom stereocenters. The average molecular weight is 537 g/mol. The Morgan fingerprint density at radius 3 is 2.55 bits per heavy atom. The van der Waals surface area contributed by atoms with Gasteiger partial charge in [-0.1, -0.05) is 0 Å². The second kappa shape index (κ2) is 12.5. The lowest BCUT2D eigenvalue weighted by atomic mass is 9.97. The second-order valence-corrected chi connectivity index (χ2v) is 11.3. The van der Waals surface area contributed by atoms with E-state index in [-0.39, 0.29) is 0 Å². The lowest BCUT2D eigenvalue weighted by molar-refractivity contribution is -0.116. The van der Waals surface area contributed by atoms with Crippen LogP contribution in [0.5, 0.6) is 0 Å². The van der Waals surface area contributed by atoms with Crippen molar-refractivity contribution < 1.29 is 4.79 Å². The standard InChI is InChI=1S/C24H31N7S.C4H9NO/c1-30(2)16-7-9-31(10-8-16)20-12-18(26)15(13-25)11-19(20)29-23-22-17-5-3-4-6-21(17)32-24(22)28-14-27-23;1-3-5(2)4-6/h11-14,16,25H,3-10,26H2,1-2H3,(H,27,28,29);4H,3H2,1-2H3. The zero-order valence-electron chi connectivity index (χ0n) is 23.0. The monoisotopic (exact) mass is 536 g/mol. The zero-order valence-corrected chi connectivity index (χ0v) is 23.8. The molecule has 2 aliphatic rings. The Morgan fingerprint density at radius 1 is 1.18 bits per heavy atom. The number of nitrogen functional groups attached to an aromatic ring is 1. The number of benzene rings is 1. The minimum absolute atomic E-state index is 0.611. The fraction of sp³-hybridized carbons (Fsp3) is 0.500. The van der Waals surface area contributed by atoms with Gasteiger partial charge in [0.05, 0.1) is 16.8 Å². The third-order valence-corrected chi connectivity index (χ3v) is 8.78. The number of carbonyl (C=O) groups is 1. The van der Waals surface area contributed by atoms with E-state index in [1.54, 1.807) is 18.3 Å². The average Bonchev–Trinajstić information content (AvgIpc) is 3.33. The summed E-state index contributed by atoms with van der Waals surface area (Å²) in [6, 6.07) is 4.61. The largest absolute Gasteiger partial charge is 0.398 e. The van der Waals surface area contributed by atoms with Crippen LogP contribution >= 0.6 is 11.3 Å². The van der Waals surface area contributed by atoms with Gasteiger partial charge in [-0.25, -0.2) is 9.97 Å². The first-order valence-corrected chi connectivity index (χ1v) is 14.2. The zero-order chi connectivity index (χ0) is 27.2. The van der Waals surface area contributed by atoms with Crippen LogP contribution in [0.4, 0.5) is 22.9 Å². The summed E-state index contributed by atoms with van der Waals surface area (Å²) in [5.41, 5.74) is 11.1. The number of hydrogen-bond donors (Lipinski definition) is 3. The van der Waals surface area contributed by atoms with Crippen molar-refractivity contribution in [2.24, 2.45) is 0 Å². The van der Waals surface area contributed by atoms with Crippen molar-refractivity contribution in [1.82, 2.24) is 19.8 Å². The van der Waals surface area contributed by atoms with Gasteiger partial charge in [0.15, 0.2) is 0 Å². The number of thiophene rings is 1. The summed E-state index contributed by atoms with van der Waals surface area (Å²) in [6.07, 6.45) is 10.7. The van der Waals surface area contributed by atoms with E-state index >= 15 is 0 Å².